The first kappa shape index (κ1) is 7.53. The van der Waals surface area contributed by atoms with Crippen molar-refractivity contribution in [3.63, 3.8) is 0 Å². The first-order valence-electron chi connectivity index (χ1n) is 4.40. The Bertz CT molecular complexity index is 266. The fourth-order valence-corrected chi connectivity index (χ4v) is 1.55. The zero-order valence-electron chi connectivity index (χ0n) is 7.32. The summed E-state index contributed by atoms with van der Waals surface area (Å²) in [6.45, 7) is 4.32. The average molecular weight is 163 g/mol. The van der Waals surface area contributed by atoms with E-state index in [9.17, 15) is 0 Å². The van der Waals surface area contributed by atoms with Crippen molar-refractivity contribution in [1.29, 1.82) is 0 Å². The lowest BCUT2D eigenvalue weighted by Gasteiger charge is -2.14. The molecule has 0 spiro atoms. The molecule has 3 nitrogen and oxygen atoms in total. The number of aromatic nitrogens is 2. The molecule has 1 aromatic rings. The Balaban J connectivity index is 2.21. The third kappa shape index (κ3) is 1.40. The van der Waals surface area contributed by atoms with E-state index in [0.717, 1.165) is 18.9 Å². The molecule has 0 atom stereocenters. The number of hydrogen-bond donors (Lipinski definition) is 0. The maximum absolute atomic E-state index is 4.10. The van der Waals surface area contributed by atoms with E-state index in [1.54, 1.807) is 6.20 Å². The Labute approximate surface area is 72.4 Å². The number of rotatable bonds is 1. The monoisotopic (exact) mass is 163 g/mol. The van der Waals surface area contributed by atoms with E-state index in [-0.39, 0.29) is 0 Å². The van der Waals surface area contributed by atoms with Gasteiger partial charge >= 0.3 is 0 Å². The van der Waals surface area contributed by atoms with Gasteiger partial charge in [0.05, 0.1) is 6.20 Å². The molecule has 2 heterocycles. The lowest BCUT2D eigenvalue weighted by Crippen LogP contribution is -2.19. The van der Waals surface area contributed by atoms with Gasteiger partial charge in [0, 0.05) is 13.1 Å². The molecular weight excluding hydrogens is 150 g/mol. The molecule has 1 aliphatic heterocycles. The first-order valence-corrected chi connectivity index (χ1v) is 4.40. The third-order valence-electron chi connectivity index (χ3n) is 2.21. The summed E-state index contributed by atoms with van der Waals surface area (Å²) in [5.41, 5.74) is 1.19. The molecule has 0 unspecified atom stereocenters. The summed E-state index contributed by atoms with van der Waals surface area (Å²) in [7, 11) is 0. The van der Waals surface area contributed by atoms with Crippen LogP contribution in [0.1, 0.15) is 18.4 Å². The fraction of sp³-hybridized carbons (Fsp3) is 0.556. The summed E-state index contributed by atoms with van der Waals surface area (Å²) in [6, 6.07) is 2.10. The Morgan fingerprint density at radius 2 is 2.08 bits per heavy atom. The maximum Gasteiger partial charge on any atom is 0.151 e. The third-order valence-corrected chi connectivity index (χ3v) is 2.21. The highest BCUT2D eigenvalue weighted by Gasteiger charge is 2.13. The van der Waals surface area contributed by atoms with Crippen molar-refractivity contribution in [3.05, 3.63) is 17.8 Å². The molecule has 0 bridgehead atoms. The molecule has 0 aromatic carbocycles. The van der Waals surface area contributed by atoms with Crippen molar-refractivity contribution in [2.45, 2.75) is 19.8 Å². The molecule has 0 amide bonds. The van der Waals surface area contributed by atoms with E-state index < -0.39 is 0 Å². The Kier molecular flexibility index (Phi) is 1.94. The van der Waals surface area contributed by atoms with Gasteiger partial charge in [0.1, 0.15) is 0 Å². The molecule has 2 rings (SSSR count). The summed E-state index contributed by atoms with van der Waals surface area (Å²) in [6.07, 6.45) is 4.37. The molecule has 0 saturated carbocycles. The van der Waals surface area contributed by atoms with E-state index in [1.807, 2.05) is 6.92 Å². The van der Waals surface area contributed by atoms with E-state index in [4.69, 9.17) is 0 Å². The molecule has 1 fully saturated rings. The second-order valence-electron chi connectivity index (χ2n) is 3.29. The van der Waals surface area contributed by atoms with Crippen LogP contribution in [0.5, 0.6) is 0 Å². The molecule has 64 valence electrons. The van der Waals surface area contributed by atoms with Crippen LogP contribution in [-0.4, -0.2) is 23.3 Å². The highest BCUT2D eigenvalue weighted by Crippen LogP contribution is 2.16. The number of nitrogens with zero attached hydrogens (tertiary/aromatic N) is 3. The van der Waals surface area contributed by atoms with Crippen molar-refractivity contribution in [3.8, 4) is 0 Å². The summed E-state index contributed by atoms with van der Waals surface area (Å²) in [5.74, 6) is 1.03. The quantitative estimate of drug-likeness (QED) is 0.626. The van der Waals surface area contributed by atoms with E-state index in [0.29, 0.717) is 0 Å². The van der Waals surface area contributed by atoms with Gasteiger partial charge in [-0.1, -0.05) is 0 Å². The summed E-state index contributed by atoms with van der Waals surface area (Å²) >= 11 is 0. The predicted octanol–water partition coefficient (Wildman–Crippen LogP) is 1.39. The molecule has 0 radical (unpaired) electrons. The lowest BCUT2D eigenvalue weighted by atomic mass is 10.3. The largest absolute Gasteiger partial charge is 0.355 e. The molecule has 0 aliphatic carbocycles. The van der Waals surface area contributed by atoms with Crippen molar-refractivity contribution < 1.29 is 0 Å². The second-order valence-corrected chi connectivity index (χ2v) is 3.29. The van der Waals surface area contributed by atoms with Crippen LogP contribution in [0.4, 0.5) is 5.82 Å². The van der Waals surface area contributed by atoms with Gasteiger partial charge < -0.3 is 4.90 Å². The average Bonchev–Trinajstić information content (AvgIpc) is 2.56. The van der Waals surface area contributed by atoms with Crippen molar-refractivity contribution in [2.24, 2.45) is 0 Å². The van der Waals surface area contributed by atoms with Crippen molar-refractivity contribution in [1.82, 2.24) is 10.2 Å². The Morgan fingerprint density at radius 1 is 1.33 bits per heavy atom. The molecule has 1 aliphatic rings. The van der Waals surface area contributed by atoms with Crippen molar-refractivity contribution >= 4 is 5.82 Å². The van der Waals surface area contributed by atoms with E-state index in [1.165, 1.54) is 18.4 Å². The van der Waals surface area contributed by atoms with Gasteiger partial charge in [-0.2, -0.15) is 5.10 Å². The zero-order chi connectivity index (χ0) is 8.39. The summed E-state index contributed by atoms with van der Waals surface area (Å²) in [5, 5.41) is 8.03. The van der Waals surface area contributed by atoms with Gasteiger partial charge in [0.2, 0.25) is 0 Å². The molecular formula is C9H13N3. The van der Waals surface area contributed by atoms with Gasteiger partial charge in [0.15, 0.2) is 5.82 Å². The highest BCUT2D eigenvalue weighted by molar-refractivity contribution is 5.39. The standard InChI is InChI=1S/C9H13N3/c1-8-6-9(11-10-7-8)12-4-2-3-5-12/h6-7H,2-5H2,1H3. The number of hydrogen-bond acceptors (Lipinski definition) is 3. The predicted molar refractivity (Wildman–Crippen MR) is 48.2 cm³/mol. The minimum atomic E-state index is 1.03. The highest BCUT2D eigenvalue weighted by atomic mass is 15.3. The van der Waals surface area contributed by atoms with Crippen molar-refractivity contribution in [2.75, 3.05) is 18.0 Å². The van der Waals surface area contributed by atoms with Crippen LogP contribution in [-0.2, 0) is 0 Å². The topological polar surface area (TPSA) is 29.0 Å². The van der Waals surface area contributed by atoms with Crippen LogP contribution in [0.2, 0.25) is 0 Å². The summed E-state index contributed by atoms with van der Waals surface area (Å²) in [4.78, 5) is 2.29. The van der Waals surface area contributed by atoms with Crippen LogP contribution in [0.15, 0.2) is 12.3 Å². The van der Waals surface area contributed by atoms with Gasteiger partial charge in [0.25, 0.3) is 0 Å². The van der Waals surface area contributed by atoms with E-state index >= 15 is 0 Å². The van der Waals surface area contributed by atoms with Gasteiger partial charge in [-0.25, -0.2) is 0 Å². The van der Waals surface area contributed by atoms with Gasteiger partial charge in [-0.05, 0) is 31.4 Å². The second kappa shape index (κ2) is 3.09. The zero-order valence-corrected chi connectivity index (χ0v) is 7.32. The number of aryl methyl sites for hydroxylation is 1. The van der Waals surface area contributed by atoms with Crippen LogP contribution < -0.4 is 4.90 Å². The maximum atomic E-state index is 4.10. The van der Waals surface area contributed by atoms with Crippen LogP contribution >= 0.6 is 0 Å². The fourth-order valence-electron chi connectivity index (χ4n) is 1.55. The molecule has 1 aromatic heterocycles. The van der Waals surface area contributed by atoms with E-state index in [2.05, 4.69) is 21.2 Å². The van der Waals surface area contributed by atoms with Crippen LogP contribution in [0, 0.1) is 6.92 Å². The minimum absolute atomic E-state index is 1.03. The summed E-state index contributed by atoms with van der Waals surface area (Å²) < 4.78 is 0. The SMILES string of the molecule is Cc1cnnc(N2CCCC2)c1. The molecule has 12 heavy (non-hydrogen) atoms. The molecule has 3 heteroatoms. The number of anilines is 1. The van der Waals surface area contributed by atoms with Gasteiger partial charge in [-0.15, -0.1) is 5.10 Å². The smallest absolute Gasteiger partial charge is 0.151 e. The molecule has 0 N–H and O–H groups in total. The lowest BCUT2D eigenvalue weighted by molar-refractivity contribution is 0.888. The van der Waals surface area contributed by atoms with Crippen LogP contribution in [0.25, 0.3) is 0 Å². The van der Waals surface area contributed by atoms with Gasteiger partial charge in [-0.3, -0.25) is 0 Å². The Hall–Kier alpha value is -1.12. The molecule has 1 saturated heterocycles. The Morgan fingerprint density at radius 3 is 2.75 bits per heavy atom. The van der Waals surface area contributed by atoms with Crippen LogP contribution in [0.3, 0.4) is 0 Å². The minimum Gasteiger partial charge on any atom is -0.355 e. The normalized spacial score (nSPS) is 16.9. The first-order chi connectivity index (χ1) is 5.86.